The summed E-state index contributed by atoms with van der Waals surface area (Å²) in [5, 5.41) is 14.8. The number of pyridine rings is 1. The highest BCUT2D eigenvalue weighted by Crippen LogP contribution is 2.43. The number of rotatable bonds is 8. The lowest BCUT2D eigenvalue weighted by Crippen LogP contribution is -2.49. The average Bonchev–Trinajstić information content (AvgIpc) is 3.73. The summed E-state index contributed by atoms with van der Waals surface area (Å²) in [6.07, 6.45) is 4.94. The third-order valence-corrected chi connectivity index (χ3v) is 11.1. The Balaban J connectivity index is 0.937. The van der Waals surface area contributed by atoms with Gasteiger partial charge in [-0.3, -0.25) is 29.3 Å². The number of anilines is 5. The minimum atomic E-state index is -0.444. The highest BCUT2D eigenvalue weighted by molar-refractivity contribution is 6.33. The second kappa shape index (κ2) is 13.8. The van der Waals surface area contributed by atoms with Crippen LogP contribution in [0.1, 0.15) is 25.7 Å². The monoisotopic (exact) mass is 753 g/mol. The maximum atomic E-state index is 12.8. The van der Waals surface area contributed by atoms with Gasteiger partial charge in [0.1, 0.15) is 5.02 Å². The molecule has 16 nitrogen and oxygen atoms in total. The molecule has 17 heteroatoms. The Morgan fingerprint density at radius 3 is 2.52 bits per heavy atom. The molecule has 8 rings (SSSR count). The van der Waals surface area contributed by atoms with E-state index < -0.39 is 6.03 Å². The van der Waals surface area contributed by atoms with Gasteiger partial charge >= 0.3 is 6.03 Å². The predicted molar refractivity (Wildman–Crippen MR) is 206 cm³/mol. The fraction of sp³-hybridized carbons (Fsp3) is 0.378. The van der Waals surface area contributed by atoms with Crippen molar-refractivity contribution in [3.05, 3.63) is 64.0 Å². The van der Waals surface area contributed by atoms with Gasteiger partial charge in [-0.25, -0.2) is 9.78 Å². The molecule has 3 saturated heterocycles. The molecule has 0 radical (unpaired) electrons. The maximum Gasteiger partial charge on any atom is 0.329 e. The average molecular weight is 754 g/mol. The number of nitrogens with one attached hydrogen (secondary N) is 3. The Labute approximate surface area is 315 Å². The van der Waals surface area contributed by atoms with E-state index in [4.69, 9.17) is 21.3 Å². The molecule has 0 atom stereocenters. The highest BCUT2D eigenvalue weighted by atomic mass is 35.5. The van der Waals surface area contributed by atoms with Gasteiger partial charge in [0, 0.05) is 82.4 Å². The molecule has 6 heterocycles. The summed E-state index contributed by atoms with van der Waals surface area (Å²) in [7, 11) is 5.04. The quantitative estimate of drug-likeness (QED) is 0.211. The number of likely N-dealkylation sites (N-methyl/N-ethyl adjacent to an activating group) is 1. The van der Waals surface area contributed by atoms with Crippen LogP contribution in [0.5, 0.6) is 5.75 Å². The fourth-order valence-electron chi connectivity index (χ4n) is 7.73. The molecule has 4 amide bonds. The molecule has 2 aromatic carbocycles. The molecule has 280 valence electrons. The van der Waals surface area contributed by atoms with Gasteiger partial charge < -0.3 is 29.7 Å². The number of piperidine rings is 1. The van der Waals surface area contributed by atoms with Gasteiger partial charge in [-0.2, -0.15) is 10.1 Å². The lowest BCUT2D eigenvalue weighted by molar-refractivity contribution is -0.122. The molecule has 54 heavy (non-hydrogen) atoms. The second-order valence-electron chi connectivity index (χ2n) is 14.2. The molecule has 0 unspecified atom stereocenters. The first-order chi connectivity index (χ1) is 26.0. The number of hydrogen-bond acceptors (Lipinski definition) is 11. The van der Waals surface area contributed by atoms with E-state index in [1.165, 1.54) is 16.5 Å². The molecule has 5 aromatic rings. The Hall–Kier alpha value is -5.90. The first-order valence-corrected chi connectivity index (χ1v) is 18.2. The first kappa shape index (κ1) is 35.1. The molecule has 3 N–H and O–H groups in total. The van der Waals surface area contributed by atoms with Crippen LogP contribution in [0.15, 0.2) is 53.5 Å². The zero-order valence-corrected chi connectivity index (χ0v) is 30.9. The van der Waals surface area contributed by atoms with Crippen LogP contribution < -0.4 is 40.9 Å². The number of halogens is 1. The van der Waals surface area contributed by atoms with Gasteiger partial charge in [0.2, 0.25) is 11.9 Å². The maximum absolute atomic E-state index is 12.8. The molecule has 0 aliphatic carbocycles. The van der Waals surface area contributed by atoms with Gasteiger partial charge in [0.05, 0.1) is 17.2 Å². The van der Waals surface area contributed by atoms with Crippen molar-refractivity contribution >= 4 is 80.2 Å². The molecular formula is C37H40ClN11O5. The van der Waals surface area contributed by atoms with Crippen molar-refractivity contribution in [1.82, 2.24) is 34.9 Å². The van der Waals surface area contributed by atoms with Crippen LogP contribution in [0.4, 0.5) is 33.8 Å². The summed E-state index contributed by atoms with van der Waals surface area (Å²) in [5.74, 6) is 1.11. The summed E-state index contributed by atoms with van der Waals surface area (Å²) < 4.78 is 8.79. The van der Waals surface area contributed by atoms with Gasteiger partial charge in [-0.1, -0.05) is 11.6 Å². The first-order valence-electron chi connectivity index (χ1n) is 17.9. The van der Waals surface area contributed by atoms with Crippen LogP contribution >= 0.6 is 11.6 Å². The third kappa shape index (κ3) is 6.50. The number of imide groups is 1. The lowest BCUT2D eigenvalue weighted by Gasteiger charge is -2.40. The van der Waals surface area contributed by atoms with Crippen LogP contribution in [-0.4, -0.2) is 88.5 Å². The van der Waals surface area contributed by atoms with E-state index in [0.29, 0.717) is 40.4 Å². The number of amides is 4. The van der Waals surface area contributed by atoms with Crippen LogP contribution in [0, 0.1) is 5.41 Å². The molecule has 3 aromatic heterocycles. The molecule has 3 fully saturated rings. The van der Waals surface area contributed by atoms with Crippen molar-refractivity contribution in [2.24, 2.45) is 19.5 Å². The topological polar surface area (TPSA) is 172 Å². The Morgan fingerprint density at radius 1 is 0.981 bits per heavy atom. The van der Waals surface area contributed by atoms with E-state index in [1.807, 2.05) is 31.3 Å². The third-order valence-electron chi connectivity index (χ3n) is 10.9. The molecule has 0 bridgehead atoms. The standard InChI is InChI=1S/C37H40ClN11O5/c1-39-31(51)20-54-29-17-22-16-23(4-7-27(22)45(2)34(29)52)41-32-26(38)19-40-35(43-32)48-15-11-37(21-48)9-13-47(14-10-37)24-5-6-25-28(18-24)46(3)44-33(25)49-12-8-30(50)42-36(49)53/h4-7,16-19H,8-15,20-21H2,1-3H3,(H,39,51)(H,40,41,43)(H,42,50,53). The van der Waals surface area contributed by atoms with Gasteiger partial charge in [-0.05, 0) is 67.1 Å². The largest absolute Gasteiger partial charge is 0.478 e. The number of urea groups is 1. The second-order valence-corrected chi connectivity index (χ2v) is 14.6. The zero-order valence-electron chi connectivity index (χ0n) is 30.2. The van der Waals surface area contributed by atoms with E-state index in [2.05, 4.69) is 48.0 Å². The van der Waals surface area contributed by atoms with Crippen molar-refractivity contribution in [2.75, 3.05) is 66.4 Å². The number of ether oxygens (including phenoxy) is 1. The fourth-order valence-corrected chi connectivity index (χ4v) is 7.86. The van der Waals surface area contributed by atoms with Crippen molar-refractivity contribution < 1.29 is 19.1 Å². The highest BCUT2D eigenvalue weighted by Gasteiger charge is 2.41. The van der Waals surface area contributed by atoms with Gasteiger partial charge in [0.25, 0.3) is 11.5 Å². The van der Waals surface area contributed by atoms with Gasteiger partial charge in [-0.15, -0.1) is 0 Å². The number of aromatic nitrogens is 5. The summed E-state index contributed by atoms with van der Waals surface area (Å²) >= 11 is 6.59. The molecular weight excluding hydrogens is 714 g/mol. The van der Waals surface area contributed by atoms with E-state index in [9.17, 15) is 19.2 Å². The minimum Gasteiger partial charge on any atom is -0.478 e. The smallest absolute Gasteiger partial charge is 0.329 e. The predicted octanol–water partition coefficient (Wildman–Crippen LogP) is 3.68. The lowest BCUT2D eigenvalue weighted by atomic mass is 9.77. The van der Waals surface area contributed by atoms with Crippen molar-refractivity contribution in [1.29, 1.82) is 0 Å². The SMILES string of the molecule is CNC(=O)COc1cc2cc(Nc3nc(N4CCC5(CCN(c6ccc7c(N8CCC(=O)NC8=O)nn(C)c7c6)CC5)C4)ncc3Cl)ccc2n(C)c1=O. The van der Waals surface area contributed by atoms with Crippen molar-refractivity contribution in [3.8, 4) is 5.75 Å². The number of carbonyl (C=O) groups is 3. The minimum absolute atomic E-state index is 0.0790. The number of aryl methyl sites for hydroxylation is 2. The van der Waals surface area contributed by atoms with Crippen LogP contribution in [0.25, 0.3) is 21.8 Å². The molecule has 1 spiro atoms. The number of benzene rings is 2. The molecule has 3 aliphatic rings. The summed E-state index contributed by atoms with van der Waals surface area (Å²) in [4.78, 5) is 64.3. The van der Waals surface area contributed by atoms with Crippen LogP contribution in [0.2, 0.25) is 5.02 Å². The Morgan fingerprint density at radius 2 is 1.76 bits per heavy atom. The Bertz CT molecular complexity index is 2390. The molecule has 3 aliphatic heterocycles. The van der Waals surface area contributed by atoms with Crippen molar-refractivity contribution in [2.45, 2.75) is 25.7 Å². The molecule has 0 saturated carbocycles. The van der Waals surface area contributed by atoms with E-state index in [-0.39, 0.29) is 41.6 Å². The summed E-state index contributed by atoms with van der Waals surface area (Å²) in [6, 6.07) is 13.0. The van der Waals surface area contributed by atoms with Gasteiger partial charge in [0.15, 0.2) is 24.0 Å². The normalized spacial score (nSPS) is 17.1. The van der Waals surface area contributed by atoms with Crippen LogP contribution in [0.3, 0.4) is 0 Å². The number of fused-ring (bicyclic) bond motifs is 2. The van der Waals surface area contributed by atoms with E-state index >= 15 is 0 Å². The number of carbonyl (C=O) groups excluding carboxylic acids is 3. The number of hydrogen-bond donors (Lipinski definition) is 3. The zero-order chi connectivity index (χ0) is 37.7. The Kier molecular flexibility index (Phi) is 9.00. The van der Waals surface area contributed by atoms with Crippen molar-refractivity contribution in [3.63, 3.8) is 0 Å². The van der Waals surface area contributed by atoms with Crippen LogP contribution in [-0.2, 0) is 23.7 Å². The summed E-state index contributed by atoms with van der Waals surface area (Å²) in [6.45, 7) is 3.53. The van der Waals surface area contributed by atoms with E-state index in [1.54, 1.807) is 24.0 Å². The summed E-state index contributed by atoms with van der Waals surface area (Å²) in [5.41, 5.74) is 3.26. The number of nitrogens with zero attached hydrogens (tertiary/aromatic N) is 8. The van der Waals surface area contributed by atoms with E-state index in [0.717, 1.165) is 67.4 Å².